The van der Waals surface area contributed by atoms with Gasteiger partial charge in [0.25, 0.3) is 5.17 Å². The van der Waals surface area contributed by atoms with E-state index in [1.54, 1.807) is 4.90 Å². The van der Waals surface area contributed by atoms with Gasteiger partial charge in [-0.2, -0.15) is 0 Å². The van der Waals surface area contributed by atoms with Gasteiger partial charge in [-0.15, -0.1) is 0 Å². The molecule has 0 fully saturated rings. The van der Waals surface area contributed by atoms with Crippen molar-refractivity contribution in [3.05, 3.63) is 35.9 Å². The van der Waals surface area contributed by atoms with Gasteiger partial charge in [-0.05, 0) is 24.7 Å². The molecule has 1 rings (SSSR count). The fraction of sp³-hybridized carbons (Fsp3) is 0.273. The van der Waals surface area contributed by atoms with Gasteiger partial charge in [0, 0.05) is 14.1 Å². The first-order valence-corrected chi connectivity index (χ1v) is 5.00. The van der Waals surface area contributed by atoms with Crippen molar-refractivity contribution < 1.29 is 4.84 Å². The van der Waals surface area contributed by atoms with Gasteiger partial charge in [-0.25, -0.2) is 0 Å². The van der Waals surface area contributed by atoms with E-state index >= 15 is 0 Å². The second-order valence-electron chi connectivity index (χ2n) is 3.29. The molecule has 1 aromatic carbocycles. The lowest BCUT2D eigenvalue weighted by molar-refractivity contribution is 0.286. The second-order valence-corrected chi connectivity index (χ2v) is 3.64. The number of nitrogens with zero attached hydrogens (tertiary/aromatic N) is 2. The van der Waals surface area contributed by atoms with Crippen LogP contribution in [-0.2, 0) is 4.84 Å². The maximum Gasteiger partial charge on any atom is 0.291 e. The maximum absolute atomic E-state index is 5.06. The highest BCUT2D eigenvalue weighted by atomic mass is 32.1. The Bertz CT molecular complexity index is 360. The monoisotopic (exact) mass is 222 g/mol. The van der Waals surface area contributed by atoms with Crippen molar-refractivity contribution in [3.63, 3.8) is 0 Å². The molecule has 0 radical (unpaired) electrons. The zero-order valence-corrected chi connectivity index (χ0v) is 9.91. The van der Waals surface area contributed by atoms with Crippen LogP contribution in [0, 0.1) is 0 Å². The first-order valence-electron chi connectivity index (χ1n) is 4.59. The summed E-state index contributed by atoms with van der Waals surface area (Å²) >= 11 is 4.94. The van der Waals surface area contributed by atoms with E-state index in [2.05, 4.69) is 5.16 Å². The summed E-state index contributed by atoms with van der Waals surface area (Å²) in [6, 6.07) is 9.82. The number of benzene rings is 1. The Kier molecular flexibility index (Phi) is 4.24. The number of oxime groups is 1. The summed E-state index contributed by atoms with van der Waals surface area (Å²) in [5, 5.41) is 4.30. The van der Waals surface area contributed by atoms with Crippen LogP contribution in [0.3, 0.4) is 0 Å². The summed E-state index contributed by atoms with van der Waals surface area (Å²) in [6.45, 7) is 1.88. The van der Waals surface area contributed by atoms with Crippen molar-refractivity contribution in [3.8, 4) is 0 Å². The molecule has 0 saturated heterocycles. The molecule has 0 N–H and O–H groups in total. The van der Waals surface area contributed by atoms with E-state index < -0.39 is 0 Å². The lowest BCUT2D eigenvalue weighted by atomic mass is 10.1. The predicted molar refractivity (Wildman–Crippen MR) is 66.0 cm³/mol. The van der Waals surface area contributed by atoms with Crippen LogP contribution in [0.4, 0.5) is 0 Å². The summed E-state index contributed by atoms with van der Waals surface area (Å²) in [4.78, 5) is 6.76. The van der Waals surface area contributed by atoms with Crippen molar-refractivity contribution in [1.29, 1.82) is 0 Å². The van der Waals surface area contributed by atoms with E-state index in [9.17, 15) is 0 Å². The van der Waals surface area contributed by atoms with Gasteiger partial charge in [-0.1, -0.05) is 35.5 Å². The third kappa shape index (κ3) is 3.67. The van der Waals surface area contributed by atoms with Crippen LogP contribution in [0.15, 0.2) is 35.5 Å². The number of rotatable bonds is 2. The van der Waals surface area contributed by atoms with E-state index in [0.717, 1.165) is 11.3 Å². The third-order valence-electron chi connectivity index (χ3n) is 1.82. The molecule has 0 spiro atoms. The predicted octanol–water partition coefficient (Wildman–Crippen LogP) is 2.27. The van der Waals surface area contributed by atoms with Crippen molar-refractivity contribution in [1.82, 2.24) is 4.90 Å². The molecule has 15 heavy (non-hydrogen) atoms. The molecule has 1 aromatic rings. The molecular weight excluding hydrogens is 208 g/mol. The van der Waals surface area contributed by atoms with Crippen LogP contribution in [0.1, 0.15) is 12.5 Å². The molecule has 3 nitrogen and oxygen atoms in total. The molecule has 0 amide bonds. The lowest BCUT2D eigenvalue weighted by Crippen LogP contribution is -2.21. The summed E-state index contributed by atoms with van der Waals surface area (Å²) in [5.74, 6) is 0. The van der Waals surface area contributed by atoms with Crippen molar-refractivity contribution in [2.45, 2.75) is 6.92 Å². The molecule has 0 aliphatic carbocycles. The highest BCUT2D eigenvalue weighted by Crippen LogP contribution is 2.01. The normalized spacial score (nSPS) is 11.0. The van der Waals surface area contributed by atoms with Crippen LogP contribution in [0.25, 0.3) is 0 Å². The molecule has 0 bridgehead atoms. The Morgan fingerprint density at radius 2 is 1.87 bits per heavy atom. The first-order chi connectivity index (χ1) is 7.11. The number of hydrogen-bond donors (Lipinski definition) is 0. The van der Waals surface area contributed by atoms with Gasteiger partial charge in [-0.3, -0.25) is 0 Å². The zero-order chi connectivity index (χ0) is 11.3. The first kappa shape index (κ1) is 11.7. The number of hydrogen-bond acceptors (Lipinski definition) is 3. The van der Waals surface area contributed by atoms with Crippen molar-refractivity contribution >= 4 is 23.1 Å². The summed E-state index contributed by atoms with van der Waals surface area (Å²) in [7, 11) is 3.63. The molecule has 0 aliphatic heterocycles. The smallest absolute Gasteiger partial charge is 0.291 e. The van der Waals surface area contributed by atoms with E-state index in [4.69, 9.17) is 17.1 Å². The maximum atomic E-state index is 5.06. The quantitative estimate of drug-likeness (QED) is 0.436. The molecule has 4 heteroatoms. The Hall–Kier alpha value is -1.42. The highest BCUT2D eigenvalue weighted by Gasteiger charge is 2.00. The fourth-order valence-electron chi connectivity index (χ4n) is 0.921. The minimum atomic E-state index is 0.352. The SMILES string of the molecule is C/C(=N\OC(=S)N(C)C)c1ccccc1. The largest absolute Gasteiger partial charge is 0.337 e. The molecule has 0 heterocycles. The van der Waals surface area contributed by atoms with Crippen LogP contribution in [0.5, 0.6) is 0 Å². The minimum absolute atomic E-state index is 0.352. The van der Waals surface area contributed by atoms with Crippen LogP contribution < -0.4 is 0 Å². The lowest BCUT2D eigenvalue weighted by Gasteiger charge is -2.10. The van der Waals surface area contributed by atoms with Crippen molar-refractivity contribution in [2.24, 2.45) is 5.16 Å². The van der Waals surface area contributed by atoms with E-state index in [0.29, 0.717) is 5.17 Å². The standard InChI is InChI=1S/C11H14N2OS/c1-9(10-7-5-4-6-8-10)12-14-11(15)13(2)3/h4-8H,1-3H3/b12-9+. The van der Waals surface area contributed by atoms with Crippen molar-refractivity contribution in [2.75, 3.05) is 14.1 Å². The molecule has 0 atom stereocenters. The van der Waals surface area contributed by atoms with E-state index in [-0.39, 0.29) is 0 Å². The topological polar surface area (TPSA) is 24.8 Å². The van der Waals surface area contributed by atoms with Gasteiger partial charge >= 0.3 is 0 Å². The highest BCUT2D eigenvalue weighted by molar-refractivity contribution is 7.79. The van der Waals surface area contributed by atoms with E-state index in [1.165, 1.54) is 0 Å². The van der Waals surface area contributed by atoms with Gasteiger partial charge in [0.05, 0.1) is 5.71 Å². The second kappa shape index (κ2) is 5.46. The average molecular weight is 222 g/mol. The molecule has 0 saturated carbocycles. The minimum Gasteiger partial charge on any atom is -0.337 e. The number of thiocarbonyl (C=S) groups is 1. The molecule has 0 unspecified atom stereocenters. The molecule has 0 aliphatic rings. The zero-order valence-electron chi connectivity index (χ0n) is 9.10. The van der Waals surface area contributed by atoms with Gasteiger partial charge < -0.3 is 9.74 Å². The Balaban J connectivity index is 2.65. The average Bonchev–Trinajstić information content (AvgIpc) is 2.26. The van der Waals surface area contributed by atoms with Crippen LogP contribution >= 0.6 is 12.2 Å². The molecule has 0 aromatic heterocycles. The van der Waals surface area contributed by atoms with Gasteiger partial charge in [0.2, 0.25) is 0 Å². The molecular formula is C11H14N2OS. The summed E-state index contributed by atoms with van der Waals surface area (Å²) in [6.07, 6.45) is 0. The Morgan fingerprint density at radius 3 is 2.40 bits per heavy atom. The summed E-state index contributed by atoms with van der Waals surface area (Å²) < 4.78 is 0. The molecule has 80 valence electrons. The van der Waals surface area contributed by atoms with Gasteiger partial charge in [0.1, 0.15) is 0 Å². The van der Waals surface area contributed by atoms with E-state index in [1.807, 2.05) is 51.4 Å². The third-order valence-corrected chi connectivity index (χ3v) is 2.26. The Morgan fingerprint density at radius 1 is 1.27 bits per heavy atom. The van der Waals surface area contributed by atoms with Crippen LogP contribution in [0.2, 0.25) is 0 Å². The van der Waals surface area contributed by atoms with Gasteiger partial charge in [0.15, 0.2) is 0 Å². The fourth-order valence-corrected chi connectivity index (χ4v) is 0.958. The van der Waals surface area contributed by atoms with Crippen LogP contribution in [-0.4, -0.2) is 29.9 Å². The Labute approximate surface area is 95.3 Å². The summed E-state index contributed by atoms with van der Waals surface area (Å²) in [5.41, 5.74) is 1.83.